The summed E-state index contributed by atoms with van der Waals surface area (Å²) in [5.74, 6) is -3.31. The van der Waals surface area contributed by atoms with Crippen LogP contribution in [-0.2, 0) is 22.3 Å². The predicted molar refractivity (Wildman–Crippen MR) is 96.4 cm³/mol. The second-order valence-corrected chi connectivity index (χ2v) is 6.45. The van der Waals surface area contributed by atoms with Gasteiger partial charge in [0.15, 0.2) is 0 Å². The van der Waals surface area contributed by atoms with Crippen LogP contribution >= 0.6 is 0 Å². The molecule has 0 spiro atoms. The number of nitrogens with one attached hydrogen (secondary N) is 1. The number of nitrogens with two attached hydrogens (primary N) is 1. The number of alkyl halides is 6. The summed E-state index contributed by atoms with van der Waals surface area (Å²) in [7, 11) is 0. The lowest BCUT2D eigenvalue weighted by molar-refractivity contribution is -0.757. The molecule has 1 atom stereocenters. The monoisotopic (exact) mass is 449 g/mol. The van der Waals surface area contributed by atoms with Crippen LogP contribution in [0.1, 0.15) is 28.4 Å². The van der Waals surface area contributed by atoms with Crippen molar-refractivity contribution in [2.45, 2.75) is 31.5 Å². The molecular weight excluding hydrogens is 430 g/mol. The van der Waals surface area contributed by atoms with E-state index in [0.29, 0.717) is 23.0 Å². The number of ether oxygens (including phenoxy) is 1. The lowest BCUT2D eigenvalue weighted by atomic mass is 10.1. The first-order valence-corrected chi connectivity index (χ1v) is 9.02. The highest BCUT2D eigenvalue weighted by Gasteiger charge is 2.67. The number of hydrogen-bond donors (Lipinski definition) is 2. The fourth-order valence-electron chi connectivity index (χ4n) is 2.71. The van der Waals surface area contributed by atoms with Crippen LogP contribution < -0.4 is 10.6 Å². The lowest BCUT2D eigenvalue weighted by Gasteiger charge is -2.31. The Morgan fingerprint density at radius 1 is 0.968 bits per heavy atom. The zero-order chi connectivity index (χ0) is 23.3. The molecule has 0 bridgehead atoms. The molecule has 0 aliphatic carbocycles. The van der Waals surface area contributed by atoms with Crippen molar-refractivity contribution >= 4 is 11.9 Å². The maximum absolute atomic E-state index is 14.1. The number of amides is 1. The molecule has 0 fully saturated rings. The highest BCUT2D eigenvalue weighted by atomic mass is 19.4. The van der Waals surface area contributed by atoms with Crippen molar-refractivity contribution < 1.29 is 46.0 Å². The molecule has 31 heavy (non-hydrogen) atoms. The lowest BCUT2D eigenvalue weighted by Crippen LogP contribution is -3.06. The van der Waals surface area contributed by atoms with Crippen LogP contribution in [0.5, 0.6) is 0 Å². The highest BCUT2D eigenvalue weighted by Crippen LogP contribution is 2.30. The second-order valence-electron chi connectivity index (χ2n) is 6.45. The molecule has 5 nitrogen and oxygen atoms in total. The fourth-order valence-corrected chi connectivity index (χ4v) is 2.71. The van der Waals surface area contributed by atoms with E-state index in [2.05, 4.69) is 4.74 Å². The van der Waals surface area contributed by atoms with Gasteiger partial charge in [-0.15, -0.1) is 0 Å². The van der Waals surface area contributed by atoms with Gasteiger partial charge >= 0.3 is 24.0 Å². The van der Waals surface area contributed by atoms with Gasteiger partial charge in [0.25, 0.3) is 5.91 Å². The minimum atomic E-state index is -5.33. The Hall–Kier alpha value is -3.08. The summed E-state index contributed by atoms with van der Waals surface area (Å²) in [5, 5.41) is 2.09. The van der Waals surface area contributed by atoms with Crippen LogP contribution in [0.2, 0.25) is 0 Å². The number of rotatable bonds is 7. The number of halogens is 6. The third kappa shape index (κ3) is 5.75. The van der Waals surface area contributed by atoms with Crippen LogP contribution in [0.25, 0.3) is 0 Å². The SMILES string of the molecule is CCOC(=O)[C@](NC(=O)c1cccc(C(F)(F)F)c1)([NH2+]Cc1ccccc1)C(F)(F)F. The Labute approximate surface area is 173 Å². The van der Waals surface area contributed by atoms with Crippen molar-refractivity contribution in [2.75, 3.05) is 6.61 Å². The Kier molecular flexibility index (Phi) is 7.32. The van der Waals surface area contributed by atoms with Gasteiger partial charge in [-0.25, -0.2) is 4.79 Å². The van der Waals surface area contributed by atoms with Crippen LogP contribution in [0.15, 0.2) is 54.6 Å². The molecule has 0 saturated heterocycles. The smallest absolute Gasteiger partial charge is 0.460 e. The van der Waals surface area contributed by atoms with Crippen molar-refractivity contribution in [1.82, 2.24) is 5.32 Å². The van der Waals surface area contributed by atoms with Crippen molar-refractivity contribution in [3.05, 3.63) is 71.3 Å². The van der Waals surface area contributed by atoms with Gasteiger partial charge in [-0.3, -0.25) is 10.1 Å². The van der Waals surface area contributed by atoms with Crippen molar-refractivity contribution in [3.63, 3.8) is 0 Å². The molecule has 2 rings (SSSR count). The molecule has 2 aromatic carbocycles. The van der Waals surface area contributed by atoms with E-state index in [1.165, 1.54) is 19.1 Å². The minimum Gasteiger partial charge on any atom is -0.460 e. The number of carbonyl (C=O) groups excluding carboxylic acids is 2. The first-order valence-electron chi connectivity index (χ1n) is 9.02. The van der Waals surface area contributed by atoms with Gasteiger partial charge in [-0.05, 0) is 25.1 Å². The van der Waals surface area contributed by atoms with E-state index < -0.39 is 47.6 Å². The van der Waals surface area contributed by atoms with Gasteiger partial charge in [-0.1, -0.05) is 36.4 Å². The van der Waals surface area contributed by atoms with E-state index in [0.717, 1.165) is 12.1 Å². The average molecular weight is 449 g/mol. The summed E-state index contributed by atoms with van der Waals surface area (Å²) in [6.07, 6.45) is -10.1. The fraction of sp³-hybridized carbons (Fsp3) is 0.300. The van der Waals surface area contributed by atoms with Crippen molar-refractivity contribution in [3.8, 4) is 0 Å². The normalized spacial score (nSPS) is 13.9. The van der Waals surface area contributed by atoms with Crippen LogP contribution in [0.4, 0.5) is 26.3 Å². The zero-order valence-corrected chi connectivity index (χ0v) is 16.2. The number of esters is 1. The van der Waals surface area contributed by atoms with E-state index in [-0.39, 0.29) is 6.54 Å². The highest BCUT2D eigenvalue weighted by molar-refractivity contribution is 5.98. The van der Waals surface area contributed by atoms with Crippen LogP contribution in [0.3, 0.4) is 0 Å². The van der Waals surface area contributed by atoms with Crippen molar-refractivity contribution in [1.29, 1.82) is 0 Å². The maximum atomic E-state index is 14.1. The molecule has 0 aliphatic heterocycles. The quantitative estimate of drug-likeness (QED) is 0.388. The topological polar surface area (TPSA) is 72.0 Å². The van der Waals surface area contributed by atoms with Gasteiger partial charge < -0.3 is 10.1 Å². The van der Waals surface area contributed by atoms with E-state index in [1.54, 1.807) is 23.5 Å². The van der Waals surface area contributed by atoms with Crippen LogP contribution in [0, 0.1) is 0 Å². The average Bonchev–Trinajstić information content (AvgIpc) is 2.70. The molecule has 2 aromatic rings. The summed E-state index contributed by atoms with van der Waals surface area (Å²) < 4.78 is 85.5. The first-order chi connectivity index (χ1) is 14.4. The summed E-state index contributed by atoms with van der Waals surface area (Å²) in [6.45, 7) is 0.502. The Morgan fingerprint density at radius 3 is 2.16 bits per heavy atom. The molecule has 1 amide bonds. The van der Waals surface area contributed by atoms with Gasteiger partial charge in [0.05, 0.1) is 12.2 Å². The molecule has 3 N–H and O–H groups in total. The Balaban J connectivity index is 2.43. The summed E-state index contributed by atoms with van der Waals surface area (Å²) in [5.41, 5.74) is -5.07. The third-order valence-corrected chi connectivity index (χ3v) is 4.29. The molecule has 0 heterocycles. The number of carbonyl (C=O) groups is 2. The summed E-state index contributed by atoms with van der Waals surface area (Å²) >= 11 is 0. The van der Waals surface area contributed by atoms with E-state index >= 15 is 0 Å². The number of benzene rings is 2. The summed E-state index contributed by atoms with van der Waals surface area (Å²) in [6, 6.07) is 10.7. The molecule has 0 aromatic heterocycles. The molecule has 0 radical (unpaired) electrons. The molecule has 0 saturated carbocycles. The van der Waals surface area contributed by atoms with Gasteiger partial charge in [0, 0.05) is 11.1 Å². The largest absolute Gasteiger partial charge is 0.478 e. The standard InChI is InChI=1S/C20H18F6N2O3/c1-2-31-17(30)18(20(24,25)26,27-12-13-7-4-3-5-8-13)28-16(29)14-9-6-10-15(11-14)19(21,22)23/h3-11,27H,2,12H2,1H3,(H,28,29)/p+1/t18-/m1/s1. The van der Waals surface area contributed by atoms with Gasteiger partial charge in [-0.2, -0.15) is 26.3 Å². The molecule has 0 unspecified atom stereocenters. The van der Waals surface area contributed by atoms with Crippen LogP contribution in [-0.4, -0.2) is 30.3 Å². The molecule has 168 valence electrons. The summed E-state index contributed by atoms with van der Waals surface area (Å²) in [4.78, 5) is 24.9. The Morgan fingerprint density at radius 2 is 1.61 bits per heavy atom. The number of hydrogen-bond acceptors (Lipinski definition) is 3. The van der Waals surface area contributed by atoms with Crippen molar-refractivity contribution in [2.24, 2.45) is 0 Å². The zero-order valence-electron chi connectivity index (χ0n) is 16.2. The minimum absolute atomic E-state index is 0.373. The van der Waals surface area contributed by atoms with Gasteiger partial charge in [0.2, 0.25) is 0 Å². The molecular formula is C20H19F6N2O3+. The maximum Gasteiger partial charge on any atom is 0.478 e. The second kappa shape index (κ2) is 9.38. The third-order valence-electron chi connectivity index (χ3n) is 4.29. The predicted octanol–water partition coefficient (Wildman–Crippen LogP) is 3.02. The number of quaternary nitrogens is 1. The molecule has 11 heteroatoms. The molecule has 0 aliphatic rings. The van der Waals surface area contributed by atoms with E-state index in [9.17, 15) is 35.9 Å². The van der Waals surface area contributed by atoms with E-state index in [1.807, 2.05) is 0 Å². The first kappa shape index (κ1) is 24.2. The Bertz CT molecular complexity index is 915. The van der Waals surface area contributed by atoms with E-state index in [4.69, 9.17) is 0 Å². The van der Waals surface area contributed by atoms with Gasteiger partial charge in [0.1, 0.15) is 6.54 Å².